The smallest absolute Gasteiger partial charge is 0.148 e. The molecule has 0 amide bonds. The lowest BCUT2D eigenvalue weighted by Gasteiger charge is -2.29. The van der Waals surface area contributed by atoms with Crippen molar-refractivity contribution >= 4 is 9.84 Å². The number of rotatable bonds is 6. The third kappa shape index (κ3) is 5.52. The van der Waals surface area contributed by atoms with Gasteiger partial charge in [-0.3, -0.25) is 0 Å². The second-order valence-electron chi connectivity index (χ2n) is 5.09. The van der Waals surface area contributed by atoms with E-state index in [2.05, 4.69) is 12.2 Å². The molecule has 0 aromatic rings. The highest BCUT2D eigenvalue weighted by Gasteiger charge is 2.21. The molecule has 1 aliphatic rings. The Labute approximate surface area is 93.6 Å². The molecule has 2 unspecified atom stereocenters. The Morgan fingerprint density at radius 1 is 1.27 bits per heavy atom. The minimum absolute atomic E-state index is 0.0649. The summed E-state index contributed by atoms with van der Waals surface area (Å²) in [5.41, 5.74) is 0. The molecule has 0 bridgehead atoms. The third-order valence-electron chi connectivity index (χ3n) is 3.03. The molecule has 1 aliphatic carbocycles. The van der Waals surface area contributed by atoms with Crippen molar-refractivity contribution in [3.63, 3.8) is 0 Å². The third-order valence-corrected chi connectivity index (χ3v) is 4.14. The van der Waals surface area contributed by atoms with Crippen LogP contribution in [0.4, 0.5) is 0 Å². The van der Waals surface area contributed by atoms with Crippen LogP contribution in [0.25, 0.3) is 0 Å². The first-order valence-corrected chi connectivity index (χ1v) is 7.86. The van der Waals surface area contributed by atoms with Crippen molar-refractivity contribution in [1.82, 2.24) is 5.32 Å². The van der Waals surface area contributed by atoms with E-state index in [0.29, 0.717) is 6.04 Å². The highest BCUT2D eigenvalue weighted by molar-refractivity contribution is 7.90. The highest BCUT2D eigenvalue weighted by Crippen LogP contribution is 2.30. The highest BCUT2D eigenvalue weighted by atomic mass is 32.2. The molecule has 3 nitrogen and oxygen atoms in total. The Balaban J connectivity index is 2.21. The number of nitrogens with one attached hydrogen (secondary N) is 1. The fourth-order valence-electron chi connectivity index (χ4n) is 2.28. The summed E-state index contributed by atoms with van der Waals surface area (Å²) < 4.78 is 22.1. The largest absolute Gasteiger partial charge is 0.311 e. The molecule has 90 valence electrons. The van der Waals surface area contributed by atoms with Crippen LogP contribution in [-0.2, 0) is 9.84 Å². The van der Waals surface area contributed by atoms with Gasteiger partial charge in [0.25, 0.3) is 0 Å². The van der Waals surface area contributed by atoms with Crippen LogP contribution in [0.3, 0.4) is 0 Å². The van der Waals surface area contributed by atoms with E-state index in [1.165, 1.54) is 31.9 Å². The molecule has 0 saturated heterocycles. The van der Waals surface area contributed by atoms with Gasteiger partial charge in [-0.25, -0.2) is 8.42 Å². The first-order valence-electron chi connectivity index (χ1n) is 5.80. The predicted molar refractivity (Wildman–Crippen MR) is 63.7 cm³/mol. The molecule has 0 heterocycles. The van der Waals surface area contributed by atoms with E-state index >= 15 is 0 Å². The van der Waals surface area contributed by atoms with Crippen LogP contribution in [0.1, 0.15) is 39.5 Å². The zero-order chi connectivity index (χ0) is 11.5. The van der Waals surface area contributed by atoms with E-state index in [1.807, 2.05) is 6.92 Å². The van der Waals surface area contributed by atoms with Gasteiger partial charge in [-0.15, -0.1) is 0 Å². The predicted octanol–water partition coefficient (Wildman–Crippen LogP) is 1.59. The van der Waals surface area contributed by atoms with Gasteiger partial charge in [-0.1, -0.05) is 19.3 Å². The van der Waals surface area contributed by atoms with Crippen molar-refractivity contribution in [3.05, 3.63) is 0 Å². The lowest BCUT2D eigenvalue weighted by atomic mass is 9.81. The van der Waals surface area contributed by atoms with Gasteiger partial charge in [0.2, 0.25) is 0 Å². The Bertz CT molecular complexity index is 283. The van der Waals surface area contributed by atoms with Crippen LogP contribution in [0.2, 0.25) is 0 Å². The summed E-state index contributed by atoms with van der Waals surface area (Å²) in [5.74, 6) is 1.11. The molecule has 2 atom stereocenters. The van der Waals surface area contributed by atoms with Gasteiger partial charge < -0.3 is 5.32 Å². The molecular formula is C11H23NO2S. The average molecular weight is 233 g/mol. The van der Waals surface area contributed by atoms with Gasteiger partial charge in [-0.05, 0) is 26.2 Å². The number of hydrogen-bond donors (Lipinski definition) is 1. The number of sulfone groups is 1. The average Bonchev–Trinajstić information content (AvgIpc) is 1.92. The molecule has 15 heavy (non-hydrogen) atoms. The molecule has 1 N–H and O–H groups in total. The van der Waals surface area contributed by atoms with Crippen molar-refractivity contribution in [2.45, 2.75) is 51.6 Å². The van der Waals surface area contributed by atoms with E-state index < -0.39 is 9.84 Å². The molecule has 0 spiro atoms. The molecule has 0 aromatic carbocycles. The quantitative estimate of drug-likeness (QED) is 0.758. The maximum atomic E-state index is 11.1. The summed E-state index contributed by atoms with van der Waals surface area (Å²) in [6.45, 7) is 4.09. The van der Waals surface area contributed by atoms with E-state index in [4.69, 9.17) is 0 Å². The molecule has 4 heteroatoms. The fourth-order valence-corrected chi connectivity index (χ4v) is 3.29. The molecule has 0 aromatic heterocycles. The lowest BCUT2D eigenvalue weighted by molar-refractivity contribution is 0.261. The maximum Gasteiger partial charge on any atom is 0.148 e. The summed E-state index contributed by atoms with van der Waals surface area (Å²) in [6.07, 6.45) is 6.56. The standard InChI is InChI=1S/C11H23NO2S/c1-9(7-11-5-4-6-11)12-10(2)8-15(3,13)14/h9-12H,4-8H2,1-3H3. The van der Waals surface area contributed by atoms with E-state index in [1.54, 1.807) is 0 Å². The van der Waals surface area contributed by atoms with Gasteiger partial charge in [0, 0.05) is 18.3 Å². The van der Waals surface area contributed by atoms with E-state index in [9.17, 15) is 8.42 Å². The normalized spacial score (nSPS) is 22.1. The monoisotopic (exact) mass is 233 g/mol. The molecule has 1 saturated carbocycles. The Morgan fingerprint density at radius 2 is 1.87 bits per heavy atom. The summed E-state index contributed by atoms with van der Waals surface area (Å²) in [5, 5.41) is 3.36. The Kier molecular flexibility index (Phi) is 4.59. The summed E-state index contributed by atoms with van der Waals surface area (Å²) in [4.78, 5) is 0. The van der Waals surface area contributed by atoms with Crippen molar-refractivity contribution in [2.24, 2.45) is 5.92 Å². The van der Waals surface area contributed by atoms with Crippen molar-refractivity contribution in [2.75, 3.05) is 12.0 Å². The van der Waals surface area contributed by atoms with Crippen LogP contribution < -0.4 is 5.32 Å². The molecular weight excluding hydrogens is 210 g/mol. The fraction of sp³-hybridized carbons (Fsp3) is 1.00. The Hall–Kier alpha value is -0.0900. The van der Waals surface area contributed by atoms with Crippen LogP contribution in [0.15, 0.2) is 0 Å². The topological polar surface area (TPSA) is 46.2 Å². The molecule has 0 radical (unpaired) electrons. The first kappa shape index (κ1) is 13.0. The van der Waals surface area contributed by atoms with Crippen molar-refractivity contribution < 1.29 is 8.42 Å². The summed E-state index contributed by atoms with van der Waals surface area (Å²) in [6, 6.07) is 0.502. The van der Waals surface area contributed by atoms with Gasteiger partial charge in [0.1, 0.15) is 9.84 Å². The van der Waals surface area contributed by atoms with Gasteiger partial charge in [0.15, 0.2) is 0 Å². The second kappa shape index (κ2) is 5.30. The maximum absolute atomic E-state index is 11.1. The van der Waals surface area contributed by atoms with Crippen LogP contribution in [0.5, 0.6) is 0 Å². The molecule has 1 rings (SSSR count). The van der Waals surface area contributed by atoms with Crippen LogP contribution >= 0.6 is 0 Å². The van der Waals surface area contributed by atoms with Gasteiger partial charge in [-0.2, -0.15) is 0 Å². The molecule has 0 aliphatic heterocycles. The number of hydrogen-bond acceptors (Lipinski definition) is 3. The summed E-state index contributed by atoms with van der Waals surface area (Å²) >= 11 is 0. The first-order chi connectivity index (χ1) is 6.87. The lowest BCUT2D eigenvalue weighted by Crippen LogP contribution is -2.40. The van der Waals surface area contributed by atoms with Crippen molar-refractivity contribution in [1.29, 1.82) is 0 Å². The van der Waals surface area contributed by atoms with E-state index in [-0.39, 0.29) is 11.8 Å². The zero-order valence-corrected chi connectivity index (χ0v) is 10.8. The van der Waals surface area contributed by atoms with Crippen LogP contribution in [0, 0.1) is 5.92 Å². The SMILES string of the molecule is CC(CC1CCC1)NC(C)CS(C)(=O)=O. The van der Waals surface area contributed by atoms with Gasteiger partial charge in [0.05, 0.1) is 5.75 Å². The minimum Gasteiger partial charge on any atom is -0.311 e. The van der Waals surface area contributed by atoms with Gasteiger partial charge >= 0.3 is 0 Å². The van der Waals surface area contributed by atoms with Crippen molar-refractivity contribution in [3.8, 4) is 0 Å². The second-order valence-corrected chi connectivity index (χ2v) is 7.28. The Morgan fingerprint density at radius 3 is 2.27 bits per heavy atom. The minimum atomic E-state index is -2.85. The molecule has 1 fully saturated rings. The summed E-state index contributed by atoms with van der Waals surface area (Å²) in [7, 11) is -2.85. The van der Waals surface area contributed by atoms with Crippen LogP contribution in [-0.4, -0.2) is 32.5 Å². The van der Waals surface area contributed by atoms with E-state index in [0.717, 1.165) is 5.92 Å². The zero-order valence-electron chi connectivity index (χ0n) is 9.99.